The van der Waals surface area contributed by atoms with E-state index in [2.05, 4.69) is 5.09 Å². The summed E-state index contributed by atoms with van der Waals surface area (Å²) in [5.41, 5.74) is 0.0944. The SMILES string of the molecule is Cc1cccc(P(=O)(Nc2c(F)c(F)c(F)c(F)c2F)c2cccc(C)c2)c1. The Labute approximate surface area is 158 Å². The van der Waals surface area contributed by atoms with Crippen LogP contribution in [0, 0.1) is 42.9 Å². The lowest BCUT2D eigenvalue weighted by Gasteiger charge is -2.23. The highest BCUT2D eigenvalue weighted by molar-refractivity contribution is 7.80. The summed E-state index contributed by atoms with van der Waals surface area (Å²) < 4.78 is 83.0. The monoisotopic (exact) mass is 411 g/mol. The Bertz CT molecular complexity index is 1040. The molecule has 0 radical (unpaired) electrons. The minimum Gasteiger partial charge on any atom is -0.324 e. The summed E-state index contributed by atoms with van der Waals surface area (Å²) in [4.78, 5) is 0. The van der Waals surface area contributed by atoms with Gasteiger partial charge in [-0.3, -0.25) is 4.57 Å². The summed E-state index contributed by atoms with van der Waals surface area (Å²) in [5.74, 6) is -10.6. The molecule has 0 unspecified atom stereocenters. The molecule has 0 heterocycles. The molecule has 0 amide bonds. The van der Waals surface area contributed by atoms with E-state index in [4.69, 9.17) is 0 Å². The van der Waals surface area contributed by atoms with Crippen molar-refractivity contribution in [3.05, 3.63) is 88.7 Å². The molecule has 3 aromatic rings. The predicted octanol–water partition coefficient (Wildman–Crippen LogP) is 5.34. The van der Waals surface area contributed by atoms with Crippen LogP contribution in [0.2, 0.25) is 0 Å². The van der Waals surface area contributed by atoms with Crippen LogP contribution in [0.3, 0.4) is 0 Å². The lowest BCUT2D eigenvalue weighted by atomic mass is 10.2. The topological polar surface area (TPSA) is 29.1 Å². The van der Waals surface area contributed by atoms with Crippen molar-refractivity contribution < 1.29 is 26.5 Å². The first-order chi connectivity index (χ1) is 13.1. The summed E-state index contributed by atoms with van der Waals surface area (Å²) in [6.45, 7) is 3.45. The van der Waals surface area contributed by atoms with Crippen LogP contribution in [-0.4, -0.2) is 0 Å². The molecule has 3 rings (SSSR count). The van der Waals surface area contributed by atoms with Crippen molar-refractivity contribution in [1.29, 1.82) is 0 Å². The molecule has 0 spiro atoms. The number of hydrogen-bond donors (Lipinski definition) is 1. The number of rotatable bonds is 4. The first-order valence-corrected chi connectivity index (χ1v) is 9.90. The number of benzene rings is 3. The van der Waals surface area contributed by atoms with Gasteiger partial charge in [-0.1, -0.05) is 35.4 Å². The number of hydrogen-bond acceptors (Lipinski definition) is 1. The van der Waals surface area contributed by atoms with Gasteiger partial charge in [-0.25, -0.2) is 22.0 Å². The molecule has 0 bridgehead atoms. The van der Waals surface area contributed by atoms with Crippen molar-refractivity contribution in [2.24, 2.45) is 0 Å². The van der Waals surface area contributed by atoms with Crippen molar-refractivity contribution in [1.82, 2.24) is 0 Å². The van der Waals surface area contributed by atoms with E-state index in [0.29, 0.717) is 11.1 Å². The van der Waals surface area contributed by atoms with Gasteiger partial charge in [0.25, 0.3) is 0 Å². The molecule has 2 nitrogen and oxygen atoms in total. The summed E-state index contributed by atoms with van der Waals surface area (Å²) in [6.07, 6.45) is 0. The van der Waals surface area contributed by atoms with Gasteiger partial charge in [-0.2, -0.15) is 0 Å². The van der Waals surface area contributed by atoms with Crippen molar-refractivity contribution in [3.8, 4) is 0 Å². The lowest BCUT2D eigenvalue weighted by Crippen LogP contribution is -2.24. The normalized spacial score (nSPS) is 11.5. The van der Waals surface area contributed by atoms with Gasteiger partial charge >= 0.3 is 0 Å². The Hall–Kier alpha value is -2.66. The van der Waals surface area contributed by atoms with Crippen LogP contribution in [-0.2, 0) is 4.57 Å². The van der Waals surface area contributed by atoms with Crippen molar-refractivity contribution in [3.63, 3.8) is 0 Å². The van der Waals surface area contributed by atoms with Crippen molar-refractivity contribution >= 4 is 23.6 Å². The molecular formula is C20H15F5NOP. The van der Waals surface area contributed by atoms with Gasteiger partial charge in [0.05, 0.1) is 0 Å². The summed E-state index contributed by atoms with van der Waals surface area (Å²) >= 11 is 0. The quantitative estimate of drug-likeness (QED) is 0.272. The van der Waals surface area contributed by atoms with Gasteiger partial charge in [0.2, 0.25) is 13.1 Å². The zero-order valence-electron chi connectivity index (χ0n) is 14.9. The molecule has 0 aliphatic carbocycles. The van der Waals surface area contributed by atoms with Crippen LogP contribution in [0.25, 0.3) is 0 Å². The maximum Gasteiger partial charge on any atom is 0.227 e. The fourth-order valence-corrected chi connectivity index (χ4v) is 5.22. The average molecular weight is 411 g/mol. The minimum absolute atomic E-state index is 0.169. The molecule has 8 heteroatoms. The third-order valence-corrected chi connectivity index (χ3v) is 6.76. The van der Waals surface area contributed by atoms with Gasteiger partial charge < -0.3 is 5.09 Å². The van der Waals surface area contributed by atoms with Crippen LogP contribution in [0.4, 0.5) is 27.6 Å². The largest absolute Gasteiger partial charge is 0.324 e. The Balaban J connectivity index is 2.27. The van der Waals surface area contributed by atoms with E-state index in [1.807, 2.05) is 0 Å². The van der Waals surface area contributed by atoms with Crippen LogP contribution >= 0.6 is 7.29 Å². The first kappa shape index (κ1) is 20.1. The van der Waals surface area contributed by atoms with Crippen LogP contribution in [0.15, 0.2) is 48.5 Å². The Morgan fingerprint density at radius 2 is 1.07 bits per heavy atom. The van der Waals surface area contributed by atoms with E-state index in [-0.39, 0.29) is 10.6 Å². The highest BCUT2D eigenvalue weighted by Gasteiger charge is 2.33. The molecule has 0 atom stereocenters. The molecular weight excluding hydrogens is 396 g/mol. The summed E-state index contributed by atoms with van der Waals surface area (Å²) in [6, 6.07) is 12.6. The summed E-state index contributed by atoms with van der Waals surface area (Å²) in [5, 5.41) is 2.48. The van der Waals surface area contributed by atoms with Gasteiger partial charge in [0, 0.05) is 10.6 Å². The van der Waals surface area contributed by atoms with E-state index < -0.39 is 42.1 Å². The molecule has 0 aliphatic heterocycles. The Morgan fingerprint density at radius 1 is 0.679 bits per heavy atom. The van der Waals surface area contributed by atoms with Gasteiger partial charge in [0.15, 0.2) is 23.3 Å². The maximum absolute atomic E-state index is 14.2. The smallest absolute Gasteiger partial charge is 0.227 e. The highest BCUT2D eigenvalue weighted by Crippen LogP contribution is 2.45. The second kappa shape index (κ2) is 7.40. The van der Waals surface area contributed by atoms with E-state index in [9.17, 15) is 26.5 Å². The zero-order valence-corrected chi connectivity index (χ0v) is 15.8. The maximum atomic E-state index is 14.2. The van der Waals surface area contributed by atoms with Crippen LogP contribution in [0.5, 0.6) is 0 Å². The number of aryl methyl sites for hydroxylation is 2. The zero-order chi connectivity index (χ0) is 20.6. The van der Waals surface area contributed by atoms with Gasteiger partial charge in [-0.05, 0) is 38.1 Å². The molecule has 3 aromatic carbocycles. The average Bonchev–Trinajstić information content (AvgIpc) is 2.68. The third-order valence-electron chi connectivity index (χ3n) is 4.21. The van der Waals surface area contributed by atoms with Crippen LogP contribution in [0.1, 0.15) is 11.1 Å². The molecule has 1 N–H and O–H groups in total. The molecule has 0 aromatic heterocycles. The fraction of sp³-hybridized carbons (Fsp3) is 0.100. The van der Waals surface area contributed by atoms with Crippen LogP contribution < -0.4 is 15.7 Å². The summed E-state index contributed by atoms with van der Waals surface area (Å²) in [7, 11) is -3.99. The Kier molecular flexibility index (Phi) is 5.31. The standard InChI is InChI=1S/C20H15F5NOP/c1-11-5-3-7-13(9-11)28(27,14-8-4-6-12(2)10-14)26-20-18(24)16(22)15(21)17(23)19(20)25/h3-10H,1-2H3,(H,26,27). The van der Waals surface area contributed by atoms with E-state index in [1.54, 1.807) is 38.1 Å². The number of nitrogens with one attached hydrogen (secondary N) is 1. The second-order valence-corrected chi connectivity index (χ2v) is 8.82. The first-order valence-electron chi connectivity index (χ1n) is 8.19. The lowest BCUT2D eigenvalue weighted by molar-refractivity contribution is 0.382. The van der Waals surface area contributed by atoms with E-state index in [0.717, 1.165) is 0 Å². The fourth-order valence-electron chi connectivity index (χ4n) is 2.79. The minimum atomic E-state index is -3.99. The third kappa shape index (κ3) is 3.42. The van der Waals surface area contributed by atoms with Crippen molar-refractivity contribution in [2.45, 2.75) is 13.8 Å². The number of halogens is 5. The molecule has 0 saturated heterocycles. The van der Waals surface area contributed by atoms with Crippen molar-refractivity contribution in [2.75, 3.05) is 5.09 Å². The van der Waals surface area contributed by atoms with E-state index >= 15 is 0 Å². The number of anilines is 1. The molecule has 0 fully saturated rings. The predicted molar refractivity (Wildman–Crippen MR) is 99.1 cm³/mol. The molecule has 0 aliphatic rings. The van der Waals surface area contributed by atoms with Gasteiger partial charge in [0.1, 0.15) is 5.69 Å². The molecule has 28 heavy (non-hydrogen) atoms. The second-order valence-electron chi connectivity index (χ2n) is 6.34. The molecule has 146 valence electrons. The van der Waals surface area contributed by atoms with Gasteiger partial charge in [-0.15, -0.1) is 0 Å². The highest BCUT2D eigenvalue weighted by atomic mass is 31.2. The molecule has 0 saturated carbocycles. The Morgan fingerprint density at radius 3 is 1.46 bits per heavy atom. The van der Waals surface area contributed by atoms with E-state index in [1.165, 1.54) is 24.3 Å².